The molecular weight excluding hydrogens is 428 g/mol. The third-order valence-electron chi connectivity index (χ3n) is 5.47. The van der Waals surface area contributed by atoms with Gasteiger partial charge in [0, 0.05) is 6.07 Å². The highest BCUT2D eigenvalue weighted by molar-refractivity contribution is 9.10. The summed E-state index contributed by atoms with van der Waals surface area (Å²) in [5.74, 6) is 0.470. The summed E-state index contributed by atoms with van der Waals surface area (Å²) in [5, 5.41) is -0.0724. The Morgan fingerprint density at radius 2 is 1.93 bits per heavy atom. The van der Waals surface area contributed by atoms with Crippen LogP contribution in [0.15, 0.2) is 23.2 Å². The molecule has 0 aromatic heterocycles. The molecule has 0 bridgehead atoms. The Labute approximate surface area is 171 Å². The number of halogens is 1. The standard InChI is InChI=1S/C20H29BrO5Si/c1-9-10-25-19(23)17-14(12-22)15(11-16(24-6)18(17)21)26-27(7,8)20(4,5)13(2)3/h9,11-13H,1,10H2,2-8H3. The number of carbonyl (C=O) groups is 2. The van der Waals surface area contributed by atoms with E-state index in [0.717, 1.165) is 0 Å². The average Bonchev–Trinajstić information content (AvgIpc) is 2.59. The zero-order valence-electron chi connectivity index (χ0n) is 17.1. The van der Waals surface area contributed by atoms with Gasteiger partial charge in [-0.3, -0.25) is 4.79 Å². The molecule has 0 aliphatic carbocycles. The zero-order valence-corrected chi connectivity index (χ0v) is 19.7. The van der Waals surface area contributed by atoms with Crippen LogP contribution in [0.5, 0.6) is 11.5 Å². The van der Waals surface area contributed by atoms with Gasteiger partial charge in [0.15, 0.2) is 6.29 Å². The van der Waals surface area contributed by atoms with Crippen molar-refractivity contribution in [3.8, 4) is 11.5 Å². The van der Waals surface area contributed by atoms with Gasteiger partial charge in [0.2, 0.25) is 0 Å². The zero-order chi connectivity index (χ0) is 21.0. The molecule has 0 aliphatic rings. The second-order valence-electron chi connectivity index (χ2n) is 7.67. The van der Waals surface area contributed by atoms with Gasteiger partial charge in [0.05, 0.1) is 22.7 Å². The second kappa shape index (κ2) is 9.06. The Bertz CT molecular complexity index is 726. The molecule has 0 aliphatic heterocycles. The van der Waals surface area contributed by atoms with E-state index in [1.165, 1.54) is 13.2 Å². The molecule has 0 fully saturated rings. The summed E-state index contributed by atoms with van der Waals surface area (Å²) in [7, 11) is -0.827. The van der Waals surface area contributed by atoms with Crippen molar-refractivity contribution in [2.75, 3.05) is 13.7 Å². The molecule has 1 aromatic rings. The molecule has 5 nitrogen and oxygen atoms in total. The van der Waals surface area contributed by atoms with E-state index in [0.29, 0.717) is 28.2 Å². The first-order valence-electron chi connectivity index (χ1n) is 8.77. The number of hydrogen-bond donors (Lipinski definition) is 0. The van der Waals surface area contributed by atoms with E-state index < -0.39 is 14.3 Å². The van der Waals surface area contributed by atoms with Crippen molar-refractivity contribution in [2.24, 2.45) is 5.92 Å². The van der Waals surface area contributed by atoms with E-state index in [1.54, 1.807) is 6.07 Å². The van der Waals surface area contributed by atoms with Crippen molar-refractivity contribution >= 4 is 36.5 Å². The van der Waals surface area contributed by atoms with Gasteiger partial charge >= 0.3 is 5.97 Å². The van der Waals surface area contributed by atoms with Gasteiger partial charge in [-0.15, -0.1) is 0 Å². The monoisotopic (exact) mass is 456 g/mol. The van der Waals surface area contributed by atoms with Gasteiger partial charge in [-0.05, 0) is 40.0 Å². The summed E-state index contributed by atoms with van der Waals surface area (Å²) >= 11 is 3.35. The van der Waals surface area contributed by atoms with E-state index in [9.17, 15) is 9.59 Å². The number of esters is 1. The fraction of sp³-hybridized carbons (Fsp3) is 0.500. The quantitative estimate of drug-likeness (QED) is 0.208. The van der Waals surface area contributed by atoms with E-state index in [1.807, 2.05) is 0 Å². The summed E-state index contributed by atoms with van der Waals surface area (Å²) < 4.78 is 17.3. The van der Waals surface area contributed by atoms with Crippen molar-refractivity contribution in [3.05, 3.63) is 34.3 Å². The number of carbonyl (C=O) groups excluding carboxylic acids is 2. The lowest BCUT2D eigenvalue weighted by molar-refractivity contribution is 0.0545. The minimum Gasteiger partial charge on any atom is -0.543 e. The summed E-state index contributed by atoms with van der Waals surface area (Å²) in [4.78, 5) is 24.4. The van der Waals surface area contributed by atoms with Crippen LogP contribution in [0.4, 0.5) is 0 Å². The van der Waals surface area contributed by atoms with Crippen molar-refractivity contribution in [1.29, 1.82) is 0 Å². The molecule has 0 N–H and O–H groups in total. The van der Waals surface area contributed by atoms with Crippen LogP contribution in [0.2, 0.25) is 18.1 Å². The molecule has 150 valence electrons. The van der Waals surface area contributed by atoms with Crippen LogP contribution in [0, 0.1) is 5.92 Å². The predicted molar refractivity (Wildman–Crippen MR) is 114 cm³/mol. The Balaban J connectivity index is 3.58. The Morgan fingerprint density at radius 1 is 1.33 bits per heavy atom. The number of ether oxygens (including phenoxy) is 2. The summed E-state index contributed by atoms with van der Waals surface area (Å²) in [6.45, 7) is 16.4. The molecule has 0 heterocycles. The summed E-state index contributed by atoms with van der Waals surface area (Å²) in [6, 6.07) is 1.64. The maximum absolute atomic E-state index is 12.5. The summed E-state index contributed by atoms with van der Waals surface area (Å²) in [6.07, 6.45) is 2.09. The van der Waals surface area contributed by atoms with Gasteiger partial charge in [0.1, 0.15) is 18.1 Å². The van der Waals surface area contributed by atoms with Crippen molar-refractivity contribution in [1.82, 2.24) is 0 Å². The Hall–Kier alpha value is -1.60. The van der Waals surface area contributed by atoms with Gasteiger partial charge in [0.25, 0.3) is 8.32 Å². The van der Waals surface area contributed by atoms with E-state index in [-0.39, 0.29) is 22.8 Å². The minimum absolute atomic E-state index is 0.0393. The first-order valence-corrected chi connectivity index (χ1v) is 12.5. The van der Waals surface area contributed by atoms with Crippen LogP contribution in [-0.2, 0) is 4.74 Å². The SMILES string of the molecule is C=CCOC(=O)c1c(Br)c(OC)cc(O[Si](C)(C)C(C)(C)C(C)C)c1C=O. The molecule has 7 heteroatoms. The van der Waals surface area contributed by atoms with E-state index in [4.69, 9.17) is 13.9 Å². The maximum atomic E-state index is 12.5. The molecule has 1 rings (SSSR count). The molecule has 27 heavy (non-hydrogen) atoms. The first kappa shape index (κ1) is 23.4. The normalized spacial score (nSPS) is 11.9. The Kier molecular flexibility index (Phi) is 7.86. The fourth-order valence-corrected chi connectivity index (χ4v) is 5.51. The van der Waals surface area contributed by atoms with Gasteiger partial charge < -0.3 is 13.9 Å². The van der Waals surface area contributed by atoms with E-state index >= 15 is 0 Å². The first-order chi connectivity index (χ1) is 12.4. The van der Waals surface area contributed by atoms with Crippen LogP contribution in [0.25, 0.3) is 0 Å². The lowest BCUT2D eigenvalue weighted by atomic mass is 9.99. The number of aldehydes is 1. The van der Waals surface area contributed by atoms with Crippen LogP contribution in [0.3, 0.4) is 0 Å². The fourth-order valence-electron chi connectivity index (χ4n) is 2.48. The molecule has 0 amide bonds. The molecule has 1 aromatic carbocycles. The largest absolute Gasteiger partial charge is 0.543 e. The number of hydrogen-bond acceptors (Lipinski definition) is 5. The molecule has 0 saturated heterocycles. The molecule has 0 unspecified atom stereocenters. The van der Waals surface area contributed by atoms with Crippen molar-refractivity contribution < 1.29 is 23.5 Å². The second-order valence-corrected chi connectivity index (χ2v) is 13.0. The smallest absolute Gasteiger partial charge is 0.340 e. The third-order valence-corrected chi connectivity index (χ3v) is 10.7. The minimum atomic E-state index is -2.32. The lowest BCUT2D eigenvalue weighted by Crippen LogP contribution is -2.48. The highest BCUT2D eigenvalue weighted by Gasteiger charge is 2.45. The van der Waals surface area contributed by atoms with Crippen molar-refractivity contribution in [3.63, 3.8) is 0 Å². The molecular formula is C20H29BrO5Si. The molecule has 0 atom stereocenters. The Morgan fingerprint density at radius 3 is 2.37 bits per heavy atom. The lowest BCUT2D eigenvalue weighted by Gasteiger charge is -2.42. The predicted octanol–water partition coefficient (Wildman–Crippen LogP) is 5.63. The maximum Gasteiger partial charge on any atom is 0.340 e. The van der Waals surface area contributed by atoms with Crippen molar-refractivity contribution in [2.45, 2.75) is 45.8 Å². The van der Waals surface area contributed by atoms with Crippen LogP contribution in [0.1, 0.15) is 48.4 Å². The van der Waals surface area contributed by atoms with Crippen LogP contribution in [-0.4, -0.2) is 34.3 Å². The topological polar surface area (TPSA) is 61.8 Å². The number of rotatable bonds is 9. The van der Waals surface area contributed by atoms with Crippen LogP contribution < -0.4 is 9.16 Å². The van der Waals surface area contributed by atoms with Crippen LogP contribution >= 0.6 is 15.9 Å². The van der Waals surface area contributed by atoms with E-state index in [2.05, 4.69) is 63.3 Å². The number of benzene rings is 1. The molecule has 0 radical (unpaired) electrons. The third kappa shape index (κ3) is 4.82. The highest BCUT2D eigenvalue weighted by Crippen LogP contribution is 2.46. The molecule has 0 spiro atoms. The van der Waals surface area contributed by atoms with Gasteiger partial charge in [-0.25, -0.2) is 4.79 Å². The average molecular weight is 457 g/mol. The summed E-state index contributed by atoms with van der Waals surface area (Å²) in [5.41, 5.74) is 0.241. The van der Waals surface area contributed by atoms with Gasteiger partial charge in [-0.2, -0.15) is 0 Å². The highest BCUT2D eigenvalue weighted by atomic mass is 79.9. The number of methoxy groups -OCH3 is 1. The molecule has 0 saturated carbocycles. The van der Waals surface area contributed by atoms with Gasteiger partial charge in [-0.1, -0.05) is 40.3 Å².